The summed E-state index contributed by atoms with van der Waals surface area (Å²) in [7, 11) is 0. The monoisotopic (exact) mass is 416 g/mol. The van der Waals surface area contributed by atoms with Crippen molar-refractivity contribution >= 4 is 34.6 Å². The average Bonchev–Trinajstić information content (AvgIpc) is 3.39. The first-order valence-corrected chi connectivity index (χ1v) is 10.1. The van der Waals surface area contributed by atoms with Gasteiger partial charge in [0.1, 0.15) is 5.69 Å². The number of nitrogens with zero attached hydrogens (tertiary/aromatic N) is 3. The van der Waals surface area contributed by atoms with Crippen molar-refractivity contribution in [3.8, 4) is 11.5 Å². The van der Waals surface area contributed by atoms with Gasteiger partial charge in [0.15, 0.2) is 17.3 Å². The topological polar surface area (TPSA) is 101 Å². The van der Waals surface area contributed by atoms with E-state index < -0.39 is 0 Å². The molecule has 1 aromatic heterocycles. The van der Waals surface area contributed by atoms with Crippen LogP contribution in [0.1, 0.15) is 27.8 Å². The van der Waals surface area contributed by atoms with Crippen molar-refractivity contribution in [2.75, 3.05) is 44.8 Å². The summed E-state index contributed by atoms with van der Waals surface area (Å²) in [6, 6.07) is 3.20. The summed E-state index contributed by atoms with van der Waals surface area (Å²) in [5.41, 5.74) is 2.88. The highest BCUT2D eigenvalue weighted by molar-refractivity contribution is 7.07. The van der Waals surface area contributed by atoms with Gasteiger partial charge in [0, 0.05) is 43.2 Å². The van der Waals surface area contributed by atoms with Crippen molar-refractivity contribution in [3.05, 3.63) is 34.3 Å². The predicted molar refractivity (Wildman–Crippen MR) is 106 cm³/mol. The van der Waals surface area contributed by atoms with Gasteiger partial charge >= 0.3 is 0 Å². The molecule has 2 aliphatic rings. The van der Waals surface area contributed by atoms with Crippen LogP contribution in [0, 0.1) is 0 Å². The van der Waals surface area contributed by atoms with Crippen LogP contribution in [0.3, 0.4) is 0 Å². The number of nitrogens with one attached hydrogen (secondary N) is 1. The standard InChI is InChI=1S/C19H20N4O5S/c1-12(24)13-6-16-17(28-11-27-16)7-14(13)21-18(25)8-22-2-4-23(5-3-22)19(26)15-9-29-10-20-15/h6-7,9-10H,2-5,8,11H2,1H3,(H,21,25). The van der Waals surface area contributed by atoms with Crippen molar-refractivity contribution in [2.45, 2.75) is 6.92 Å². The van der Waals surface area contributed by atoms with Crippen LogP contribution in [-0.4, -0.2) is 71.9 Å². The molecule has 0 atom stereocenters. The number of anilines is 1. The van der Waals surface area contributed by atoms with Crippen molar-refractivity contribution in [1.29, 1.82) is 0 Å². The number of hydrogen-bond donors (Lipinski definition) is 1. The molecule has 9 nitrogen and oxygen atoms in total. The van der Waals surface area contributed by atoms with Crippen molar-refractivity contribution < 1.29 is 23.9 Å². The molecule has 2 aromatic rings. The maximum atomic E-state index is 12.5. The first kappa shape index (κ1) is 19.3. The highest BCUT2D eigenvalue weighted by atomic mass is 32.1. The maximum Gasteiger partial charge on any atom is 0.273 e. The molecule has 2 aliphatic heterocycles. The van der Waals surface area contributed by atoms with Gasteiger partial charge in [0.2, 0.25) is 12.7 Å². The number of piperazine rings is 1. The zero-order valence-electron chi connectivity index (χ0n) is 15.8. The van der Waals surface area contributed by atoms with Crippen LogP contribution in [0.25, 0.3) is 0 Å². The summed E-state index contributed by atoms with van der Waals surface area (Å²) in [6.45, 7) is 3.94. The molecule has 1 aromatic carbocycles. The number of ether oxygens (including phenoxy) is 2. The fourth-order valence-electron chi connectivity index (χ4n) is 3.32. The Labute approximate surface area is 171 Å². The minimum absolute atomic E-state index is 0.0817. The summed E-state index contributed by atoms with van der Waals surface area (Å²) in [6.07, 6.45) is 0. The molecule has 152 valence electrons. The average molecular weight is 416 g/mol. The lowest BCUT2D eigenvalue weighted by molar-refractivity contribution is -0.117. The van der Waals surface area contributed by atoms with Gasteiger partial charge in [-0.1, -0.05) is 0 Å². The van der Waals surface area contributed by atoms with Gasteiger partial charge in [-0.2, -0.15) is 0 Å². The van der Waals surface area contributed by atoms with Crippen molar-refractivity contribution in [2.24, 2.45) is 0 Å². The number of Topliss-reactive ketones (excluding diaryl/α,β-unsaturated/α-hetero) is 1. The number of ketones is 1. The summed E-state index contributed by atoms with van der Waals surface area (Å²) in [4.78, 5) is 44.6. The number of amides is 2. The van der Waals surface area contributed by atoms with E-state index in [1.165, 1.54) is 18.3 Å². The third-order valence-electron chi connectivity index (χ3n) is 4.84. The number of rotatable bonds is 5. The molecule has 0 bridgehead atoms. The van der Waals surface area contributed by atoms with E-state index in [2.05, 4.69) is 10.3 Å². The Morgan fingerprint density at radius 3 is 2.52 bits per heavy atom. The Morgan fingerprint density at radius 2 is 1.86 bits per heavy atom. The normalized spacial score (nSPS) is 16.0. The number of aromatic nitrogens is 1. The first-order valence-electron chi connectivity index (χ1n) is 9.15. The minimum atomic E-state index is -0.231. The van der Waals surface area contributed by atoms with Gasteiger partial charge < -0.3 is 19.7 Å². The van der Waals surface area contributed by atoms with Gasteiger partial charge in [-0.3, -0.25) is 19.3 Å². The van der Waals surface area contributed by atoms with E-state index in [1.54, 1.807) is 27.9 Å². The molecule has 0 radical (unpaired) electrons. The lowest BCUT2D eigenvalue weighted by Crippen LogP contribution is -2.50. The largest absolute Gasteiger partial charge is 0.454 e. The maximum absolute atomic E-state index is 12.5. The molecule has 0 spiro atoms. The first-order chi connectivity index (χ1) is 14.0. The lowest BCUT2D eigenvalue weighted by Gasteiger charge is -2.34. The Morgan fingerprint density at radius 1 is 1.14 bits per heavy atom. The zero-order valence-corrected chi connectivity index (χ0v) is 16.7. The number of carbonyl (C=O) groups is 3. The van der Waals surface area contributed by atoms with E-state index in [-0.39, 0.29) is 30.9 Å². The quantitative estimate of drug-likeness (QED) is 0.737. The highest BCUT2D eigenvalue weighted by Crippen LogP contribution is 2.37. The van der Waals surface area contributed by atoms with Gasteiger partial charge in [-0.05, 0) is 13.0 Å². The van der Waals surface area contributed by atoms with E-state index in [9.17, 15) is 14.4 Å². The molecule has 3 heterocycles. The fourth-order valence-corrected chi connectivity index (χ4v) is 3.84. The third kappa shape index (κ3) is 4.22. The second-order valence-electron chi connectivity index (χ2n) is 6.80. The fraction of sp³-hybridized carbons (Fsp3) is 0.368. The molecule has 2 amide bonds. The van der Waals surface area contributed by atoms with Gasteiger partial charge in [-0.15, -0.1) is 11.3 Å². The molecule has 4 rings (SSSR count). The molecule has 0 saturated carbocycles. The van der Waals surface area contributed by atoms with Crippen LogP contribution >= 0.6 is 11.3 Å². The Balaban J connectivity index is 1.34. The number of carbonyl (C=O) groups excluding carboxylic acids is 3. The number of thiazole rings is 1. The molecule has 1 fully saturated rings. The van der Waals surface area contributed by atoms with E-state index in [4.69, 9.17) is 9.47 Å². The summed E-state index contributed by atoms with van der Waals surface area (Å²) in [5, 5.41) is 4.54. The van der Waals surface area contributed by atoms with E-state index in [0.29, 0.717) is 54.6 Å². The van der Waals surface area contributed by atoms with E-state index in [0.717, 1.165) is 0 Å². The van der Waals surface area contributed by atoms with Crippen LogP contribution < -0.4 is 14.8 Å². The summed E-state index contributed by atoms with van der Waals surface area (Å²) < 4.78 is 10.6. The molecular weight excluding hydrogens is 396 g/mol. The molecule has 10 heteroatoms. The number of fused-ring (bicyclic) bond motifs is 1. The second-order valence-corrected chi connectivity index (χ2v) is 7.52. The molecule has 0 aliphatic carbocycles. The Kier molecular flexibility index (Phi) is 5.45. The summed E-state index contributed by atoms with van der Waals surface area (Å²) in [5.74, 6) is 0.508. The smallest absolute Gasteiger partial charge is 0.273 e. The Hall–Kier alpha value is -2.98. The summed E-state index contributed by atoms with van der Waals surface area (Å²) >= 11 is 1.39. The SMILES string of the molecule is CC(=O)c1cc2c(cc1NC(=O)CN1CCN(C(=O)c3cscn3)CC1)OCO2. The van der Waals surface area contributed by atoms with Crippen LogP contribution in [-0.2, 0) is 4.79 Å². The van der Waals surface area contributed by atoms with E-state index in [1.807, 2.05) is 4.90 Å². The van der Waals surface area contributed by atoms with Gasteiger partial charge in [-0.25, -0.2) is 4.98 Å². The predicted octanol–water partition coefficient (Wildman–Crippen LogP) is 1.47. The Bertz CT molecular complexity index is 938. The molecule has 29 heavy (non-hydrogen) atoms. The van der Waals surface area contributed by atoms with Gasteiger partial charge in [0.25, 0.3) is 5.91 Å². The number of benzene rings is 1. The molecule has 0 unspecified atom stereocenters. The number of hydrogen-bond acceptors (Lipinski definition) is 8. The zero-order chi connectivity index (χ0) is 20.4. The van der Waals surface area contributed by atoms with Crippen molar-refractivity contribution in [3.63, 3.8) is 0 Å². The van der Waals surface area contributed by atoms with Crippen LogP contribution in [0.2, 0.25) is 0 Å². The van der Waals surface area contributed by atoms with Crippen molar-refractivity contribution in [1.82, 2.24) is 14.8 Å². The van der Waals surface area contributed by atoms with Crippen LogP contribution in [0.15, 0.2) is 23.0 Å². The second kappa shape index (κ2) is 8.18. The lowest BCUT2D eigenvalue weighted by atomic mass is 10.1. The molecule has 1 N–H and O–H groups in total. The minimum Gasteiger partial charge on any atom is -0.454 e. The molecular formula is C19H20N4O5S. The van der Waals surface area contributed by atoms with Crippen LogP contribution in [0.5, 0.6) is 11.5 Å². The molecule has 1 saturated heterocycles. The van der Waals surface area contributed by atoms with Gasteiger partial charge in [0.05, 0.1) is 17.7 Å². The van der Waals surface area contributed by atoms with Crippen LogP contribution in [0.4, 0.5) is 5.69 Å². The van der Waals surface area contributed by atoms with E-state index >= 15 is 0 Å². The third-order valence-corrected chi connectivity index (χ3v) is 5.43. The highest BCUT2D eigenvalue weighted by Gasteiger charge is 2.25.